The Bertz CT molecular complexity index is 388. The fourth-order valence-corrected chi connectivity index (χ4v) is 1.45. The number of hydrogen-bond donors (Lipinski definition) is 0. The van der Waals surface area contributed by atoms with E-state index in [0.717, 1.165) is 5.57 Å². The molecule has 1 aromatic heterocycles. The summed E-state index contributed by atoms with van der Waals surface area (Å²) < 4.78 is 1.75. The summed E-state index contributed by atoms with van der Waals surface area (Å²) in [6.07, 6.45) is 10.1. The zero-order chi connectivity index (χ0) is 11.3. The SMILES string of the molecule is C=C/C=C(\C=C)C(C(C)=O)n1ccnc1. The summed E-state index contributed by atoms with van der Waals surface area (Å²) in [6, 6.07) is -0.358. The van der Waals surface area contributed by atoms with Crippen molar-refractivity contribution < 1.29 is 4.79 Å². The molecule has 0 saturated heterocycles. The van der Waals surface area contributed by atoms with Gasteiger partial charge < -0.3 is 4.57 Å². The summed E-state index contributed by atoms with van der Waals surface area (Å²) >= 11 is 0. The van der Waals surface area contributed by atoms with Crippen molar-refractivity contribution in [3.8, 4) is 0 Å². The van der Waals surface area contributed by atoms with Gasteiger partial charge in [0.2, 0.25) is 0 Å². The second-order valence-electron chi connectivity index (χ2n) is 3.13. The third-order valence-electron chi connectivity index (χ3n) is 2.07. The Balaban J connectivity index is 3.13. The molecule has 3 heteroatoms. The highest BCUT2D eigenvalue weighted by Crippen LogP contribution is 2.19. The molecule has 1 unspecified atom stereocenters. The van der Waals surface area contributed by atoms with Crippen molar-refractivity contribution in [2.45, 2.75) is 13.0 Å². The number of carbonyl (C=O) groups is 1. The normalized spacial score (nSPS) is 13.3. The number of allylic oxidation sites excluding steroid dienone is 4. The minimum Gasteiger partial charge on any atom is -0.323 e. The molecular weight excluding hydrogens is 188 g/mol. The van der Waals surface area contributed by atoms with Gasteiger partial charge in [-0.25, -0.2) is 4.98 Å². The second kappa shape index (κ2) is 5.10. The Morgan fingerprint density at radius 3 is 2.67 bits per heavy atom. The summed E-state index contributed by atoms with van der Waals surface area (Å²) in [5.74, 6) is 0.0426. The molecule has 0 aromatic carbocycles. The van der Waals surface area contributed by atoms with Crippen molar-refractivity contribution in [2.75, 3.05) is 0 Å². The highest BCUT2D eigenvalue weighted by Gasteiger charge is 2.17. The molecule has 15 heavy (non-hydrogen) atoms. The van der Waals surface area contributed by atoms with Crippen LogP contribution in [0.3, 0.4) is 0 Å². The minimum absolute atomic E-state index is 0.0426. The first-order valence-corrected chi connectivity index (χ1v) is 4.63. The monoisotopic (exact) mass is 202 g/mol. The van der Waals surface area contributed by atoms with Gasteiger partial charge in [-0.05, 0) is 12.5 Å². The molecule has 78 valence electrons. The van der Waals surface area contributed by atoms with Crippen LogP contribution >= 0.6 is 0 Å². The van der Waals surface area contributed by atoms with E-state index in [0.29, 0.717) is 0 Å². The highest BCUT2D eigenvalue weighted by molar-refractivity contribution is 5.83. The third kappa shape index (κ3) is 2.53. The number of carbonyl (C=O) groups excluding carboxylic acids is 1. The number of rotatable bonds is 5. The van der Waals surface area contributed by atoms with Crippen molar-refractivity contribution in [2.24, 2.45) is 0 Å². The molecule has 0 aliphatic rings. The van der Waals surface area contributed by atoms with Crippen molar-refractivity contribution >= 4 is 5.78 Å². The molecule has 0 spiro atoms. The number of imidazole rings is 1. The topological polar surface area (TPSA) is 34.9 Å². The van der Waals surface area contributed by atoms with Crippen molar-refractivity contribution in [3.05, 3.63) is 55.7 Å². The lowest BCUT2D eigenvalue weighted by Crippen LogP contribution is -2.17. The zero-order valence-electron chi connectivity index (χ0n) is 8.76. The van der Waals surface area contributed by atoms with E-state index in [1.54, 1.807) is 48.4 Å². The summed E-state index contributed by atoms with van der Waals surface area (Å²) in [6.45, 7) is 8.85. The average Bonchev–Trinajstić information content (AvgIpc) is 2.69. The van der Waals surface area contributed by atoms with Gasteiger partial charge in [-0.1, -0.05) is 31.4 Å². The summed E-state index contributed by atoms with van der Waals surface area (Å²) in [5.41, 5.74) is 0.815. The van der Waals surface area contributed by atoms with Crippen molar-refractivity contribution in [1.82, 2.24) is 9.55 Å². The smallest absolute Gasteiger partial charge is 0.157 e. The fourth-order valence-electron chi connectivity index (χ4n) is 1.45. The van der Waals surface area contributed by atoms with E-state index in [4.69, 9.17) is 0 Å². The van der Waals surface area contributed by atoms with Crippen molar-refractivity contribution in [1.29, 1.82) is 0 Å². The number of Topliss-reactive ketones (excluding diaryl/α,β-unsaturated/α-hetero) is 1. The van der Waals surface area contributed by atoms with Gasteiger partial charge in [0.1, 0.15) is 6.04 Å². The molecule has 0 aliphatic carbocycles. The first-order valence-electron chi connectivity index (χ1n) is 4.63. The first kappa shape index (κ1) is 11.2. The molecule has 0 fully saturated rings. The molecule has 0 bridgehead atoms. The number of hydrogen-bond acceptors (Lipinski definition) is 2. The Hall–Kier alpha value is -1.90. The quantitative estimate of drug-likeness (QED) is 0.687. The highest BCUT2D eigenvalue weighted by atomic mass is 16.1. The zero-order valence-corrected chi connectivity index (χ0v) is 8.76. The molecule has 1 aromatic rings. The third-order valence-corrected chi connectivity index (χ3v) is 2.07. The molecule has 0 N–H and O–H groups in total. The van der Waals surface area contributed by atoms with Crippen LogP contribution in [0.15, 0.2) is 55.7 Å². The molecule has 1 rings (SSSR count). The fraction of sp³-hybridized carbons (Fsp3) is 0.167. The van der Waals surface area contributed by atoms with Crippen LogP contribution in [0.4, 0.5) is 0 Å². The molecule has 1 heterocycles. The Kier molecular flexibility index (Phi) is 3.80. The van der Waals surface area contributed by atoms with Crippen molar-refractivity contribution in [3.63, 3.8) is 0 Å². The van der Waals surface area contributed by atoms with E-state index >= 15 is 0 Å². The molecule has 0 aliphatic heterocycles. The van der Waals surface area contributed by atoms with Crippen LogP contribution in [-0.4, -0.2) is 15.3 Å². The standard InChI is InChI=1S/C12H14N2O/c1-4-6-11(5-2)12(10(3)15)14-8-7-13-9-14/h4-9,12H,1-2H2,3H3/b11-6+. The van der Waals surface area contributed by atoms with Gasteiger partial charge in [-0.3, -0.25) is 4.79 Å². The number of nitrogens with zero attached hydrogens (tertiary/aromatic N) is 2. The molecule has 3 nitrogen and oxygen atoms in total. The Morgan fingerprint density at radius 1 is 1.53 bits per heavy atom. The van der Waals surface area contributed by atoms with Gasteiger partial charge in [0.25, 0.3) is 0 Å². The maximum absolute atomic E-state index is 11.5. The van der Waals surface area contributed by atoms with E-state index < -0.39 is 0 Å². The average molecular weight is 202 g/mol. The van der Waals surface area contributed by atoms with Crippen LogP contribution in [0.1, 0.15) is 13.0 Å². The molecule has 0 radical (unpaired) electrons. The number of ketones is 1. The van der Waals surface area contributed by atoms with Gasteiger partial charge in [0.05, 0.1) is 6.33 Å². The van der Waals surface area contributed by atoms with Crippen LogP contribution in [0.2, 0.25) is 0 Å². The van der Waals surface area contributed by atoms with Gasteiger partial charge in [0, 0.05) is 12.4 Å². The van der Waals surface area contributed by atoms with E-state index in [2.05, 4.69) is 18.1 Å². The Morgan fingerprint density at radius 2 is 2.27 bits per heavy atom. The summed E-state index contributed by atoms with van der Waals surface area (Å²) in [5, 5.41) is 0. The van der Waals surface area contributed by atoms with E-state index in [1.807, 2.05) is 0 Å². The largest absolute Gasteiger partial charge is 0.323 e. The predicted octanol–water partition coefficient (Wildman–Crippen LogP) is 2.31. The summed E-state index contributed by atoms with van der Waals surface area (Å²) in [4.78, 5) is 15.5. The van der Waals surface area contributed by atoms with Gasteiger partial charge in [-0.15, -0.1) is 0 Å². The van der Waals surface area contributed by atoms with Crippen LogP contribution in [0, 0.1) is 0 Å². The lowest BCUT2D eigenvalue weighted by Gasteiger charge is -2.16. The van der Waals surface area contributed by atoms with Crippen LogP contribution < -0.4 is 0 Å². The maximum Gasteiger partial charge on any atom is 0.157 e. The maximum atomic E-state index is 11.5. The van der Waals surface area contributed by atoms with E-state index in [-0.39, 0.29) is 11.8 Å². The second-order valence-corrected chi connectivity index (χ2v) is 3.13. The van der Waals surface area contributed by atoms with Crippen LogP contribution in [-0.2, 0) is 4.79 Å². The predicted molar refractivity (Wildman–Crippen MR) is 60.4 cm³/mol. The van der Waals surface area contributed by atoms with E-state index in [1.165, 1.54) is 0 Å². The lowest BCUT2D eigenvalue weighted by atomic mass is 10.0. The molecule has 0 amide bonds. The van der Waals surface area contributed by atoms with E-state index in [9.17, 15) is 4.79 Å². The number of aromatic nitrogens is 2. The molecule has 1 atom stereocenters. The lowest BCUT2D eigenvalue weighted by molar-refractivity contribution is -0.119. The van der Waals surface area contributed by atoms with Crippen LogP contribution in [0.25, 0.3) is 0 Å². The first-order chi connectivity index (χ1) is 7.20. The Labute approximate surface area is 89.4 Å². The van der Waals surface area contributed by atoms with Gasteiger partial charge >= 0.3 is 0 Å². The van der Waals surface area contributed by atoms with Gasteiger partial charge in [-0.2, -0.15) is 0 Å². The molecule has 0 saturated carbocycles. The summed E-state index contributed by atoms with van der Waals surface area (Å²) in [7, 11) is 0. The minimum atomic E-state index is -0.358. The van der Waals surface area contributed by atoms with Gasteiger partial charge in [0.15, 0.2) is 5.78 Å². The van der Waals surface area contributed by atoms with Crippen LogP contribution in [0.5, 0.6) is 0 Å². The molecular formula is C12H14N2O.